The molecule has 1 rings (SSSR count). The van der Waals surface area contributed by atoms with Crippen LogP contribution >= 0.6 is 0 Å². The van der Waals surface area contributed by atoms with Gasteiger partial charge in [-0.1, -0.05) is 30.3 Å². The Kier molecular flexibility index (Phi) is 5.80. The van der Waals surface area contributed by atoms with Crippen LogP contribution in [0.5, 0.6) is 0 Å². The standard InChI is InChI=1S/C12H21NO3Si/c1-14-17(15-2,16-3)10-9-12(13)11-7-5-4-6-8-11/h4-8,12H,9-10,13H2,1-3H3. The van der Waals surface area contributed by atoms with Crippen molar-refractivity contribution in [3.63, 3.8) is 0 Å². The predicted octanol–water partition coefficient (Wildman–Crippen LogP) is 1.95. The molecule has 0 saturated heterocycles. The molecule has 1 unspecified atom stereocenters. The van der Waals surface area contributed by atoms with Gasteiger partial charge in [-0.3, -0.25) is 0 Å². The van der Waals surface area contributed by atoms with E-state index in [1.807, 2.05) is 30.3 Å². The molecule has 0 fully saturated rings. The molecule has 0 amide bonds. The Bertz CT molecular complexity index is 309. The molecular formula is C12H21NO3Si. The van der Waals surface area contributed by atoms with E-state index >= 15 is 0 Å². The molecule has 0 aliphatic heterocycles. The highest BCUT2D eigenvalue weighted by molar-refractivity contribution is 6.60. The second-order valence-corrected chi connectivity index (χ2v) is 6.94. The Balaban J connectivity index is 2.55. The molecule has 0 bridgehead atoms. The quantitative estimate of drug-likeness (QED) is 0.757. The van der Waals surface area contributed by atoms with Gasteiger partial charge in [0.2, 0.25) is 0 Å². The highest BCUT2D eigenvalue weighted by atomic mass is 28.4. The predicted molar refractivity (Wildman–Crippen MR) is 69.6 cm³/mol. The van der Waals surface area contributed by atoms with Gasteiger partial charge in [-0.15, -0.1) is 0 Å². The van der Waals surface area contributed by atoms with Gasteiger partial charge >= 0.3 is 8.80 Å². The van der Waals surface area contributed by atoms with E-state index in [0.29, 0.717) is 6.04 Å². The van der Waals surface area contributed by atoms with Crippen molar-refractivity contribution in [2.75, 3.05) is 21.3 Å². The molecule has 5 heteroatoms. The topological polar surface area (TPSA) is 53.7 Å². The molecule has 0 aliphatic carbocycles. The van der Waals surface area contributed by atoms with Crippen LogP contribution in [0.25, 0.3) is 0 Å². The average Bonchev–Trinajstić information content (AvgIpc) is 2.41. The molecule has 1 aromatic carbocycles. The summed E-state index contributed by atoms with van der Waals surface area (Å²) in [4.78, 5) is 0. The van der Waals surface area contributed by atoms with E-state index < -0.39 is 8.80 Å². The molecule has 0 radical (unpaired) electrons. The number of rotatable bonds is 7. The largest absolute Gasteiger partial charge is 0.500 e. The van der Waals surface area contributed by atoms with Crippen molar-refractivity contribution in [2.24, 2.45) is 5.73 Å². The smallest absolute Gasteiger partial charge is 0.377 e. The van der Waals surface area contributed by atoms with Crippen LogP contribution in [0.3, 0.4) is 0 Å². The minimum Gasteiger partial charge on any atom is -0.377 e. The lowest BCUT2D eigenvalue weighted by molar-refractivity contribution is 0.122. The number of nitrogens with two attached hydrogens (primary N) is 1. The third-order valence-electron chi connectivity index (χ3n) is 2.92. The average molecular weight is 255 g/mol. The summed E-state index contributed by atoms with van der Waals surface area (Å²) in [5.41, 5.74) is 7.25. The molecule has 0 spiro atoms. The highest BCUT2D eigenvalue weighted by Gasteiger charge is 2.37. The zero-order valence-corrected chi connectivity index (χ0v) is 11.7. The van der Waals surface area contributed by atoms with Gasteiger partial charge in [0.15, 0.2) is 0 Å². The molecule has 0 aromatic heterocycles. The number of hydrogen-bond acceptors (Lipinski definition) is 4. The Morgan fingerprint density at radius 2 is 1.59 bits per heavy atom. The van der Waals surface area contributed by atoms with Crippen molar-refractivity contribution < 1.29 is 13.3 Å². The number of hydrogen-bond donors (Lipinski definition) is 1. The normalized spacial score (nSPS) is 13.6. The molecule has 17 heavy (non-hydrogen) atoms. The van der Waals surface area contributed by atoms with Gasteiger partial charge in [-0.05, 0) is 12.0 Å². The van der Waals surface area contributed by atoms with Gasteiger partial charge in [0.05, 0.1) is 0 Å². The van der Waals surface area contributed by atoms with E-state index in [0.717, 1.165) is 12.0 Å². The van der Waals surface area contributed by atoms with Crippen LogP contribution in [0, 0.1) is 0 Å². The van der Waals surface area contributed by atoms with Crippen molar-refractivity contribution >= 4 is 8.80 Å². The van der Waals surface area contributed by atoms with E-state index in [1.54, 1.807) is 21.3 Å². The summed E-state index contributed by atoms with van der Waals surface area (Å²) in [6, 6.07) is 10.7. The number of benzene rings is 1. The molecule has 1 aromatic rings. The SMILES string of the molecule is CO[Si](CCC(N)c1ccccc1)(OC)OC. The highest BCUT2D eigenvalue weighted by Crippen LogP contribution is 2.22. The zero-order chi connectivity index (χ0) is 12.7. The van der Waals surface area contributed by atoms with Crippen molar-refractivity contribution in [3.8, 4) is 0 Å². The van der Waals surface area contributed by atoms with E-state index in [4.69, 9.17) is 19.0 Å². The van der Waals surface area contributed by atoms with Gasteiger partial charge in [-0.25, -0.2) is 0 Å². The van der Waals surface area contributed by atoms with Gasteiger partial charge in [0.25, 0.3) is 0 Å². The first-order chi connectivity index (χ1) is 8.17. The van der Waals surface area contributed by atoms with Crippen LogP contribution in [0.2, 0.25) is 6.04 Å². The molecule has 0 heterocycles. The minimum absolute atomic E-state index is 0.0106. The van der Waals surface area contributed by atoms with Crippen LogP contribution < -0.4 is 5.73 Å². The summed E-state index contributed by atoms with van der Waals surface area (Å²) >= 11 is 0. The molecule has 96 valence electrons. The summed E-state index contributed by atoms with van der Waals surface area (Å²) in [7, 11) is 2.36. The Morgan fingerprint density at radius 3 is 2.06 bits per heavy atom. The van der Waals surface area contributed by atoms with Gasteiger partial charge in [0, 0.05) is 33.4 Å². The molecule has 1 atom stereocenters. The molecule has 0 aliphatic rings. The van der Waals surface area contributed by atoms with Crippen LogP contribution in [-0.2, 0) is 13.3 Å². The summed E-state index contributed by atoms with van der Waals surface area (Å²) in [6.45, 7) is 0. The van der Waals surface area contributed by atoms with Crippen molar-refractivity contribution in [2.45, 2.75) is 18.5 Å². The third kappa shape index (κ3) is 3.90. The van der Waals surface area contributed by atoms with Gasteiger partial charge in [-0.2, -0.15) is 0 Å². The first-order valence-electron chi connectivity index (χ1n) is 5.63. The van der Waals surface area contributed by atoms with E-state index in [1.165, 1.54) is 0 Å². The lowest BCUT2D eigenvalue weighted by Crippen LogP contribution is -2.43. The lowest BCUT2D eigenvalue weighted by atomic mass is 10.1. The van der Waals surface area contributed by atoms with E-state index in [9.17, 15) is 0 Å². The Morgan fingerprint density at radius 1 is 1.06 bits per heavy atom. The summed E-state index contributed by atoms with van der Waals surface area (Å²) in [6.07, 6.45) is 0.783. The lowest BCUT2D eigenvalue weighted by Gasteiger charge is -2.25. The molecule has 2 N–H and O–H groups in total. The zero-order valence-electron chi connectivity index (χ0n) is 10.7. The maximum Gasteiger partial charge on any atom is 0.500 e. The fourth-order valence-electron chi connectivity index (χ4n) is 1.76. The third-order valence-corrected chi connectivity index (χ3v) is 5.69. The fraction of sp³-hybridized carbons (Fsp3) is 0.500. The second-order valence-electron chi connectivity index (χ2n) is 3.85. The molecule has 0 saturated carbocycles. The van der Waals surface area contributed by atoms with Crippen LogP contribution in [0.15, 0.2) is 30.3 Å². The monoisotopic (exact) mass is 255 g/mol. The van der Waals surface area contributed by atoms with Crippen LogP contribution in [0.4, 0.5) is 0 Å². The van der Waals surface area contributed by atoms with Crippen molar-refractivity contribution in [1.29, 1.82) is 0 Å². The van der Waals surface area contributed by atoms with E-state index in [-0.39, 0.29) is 6.04 Å². The minimum atomic E-state index is -2.49. The Labute approximate surface area is 104 Å². The first kappa shape index (κ1) is 14.3. The maximum atomic E-state index is 6.12. The summed E-state index contributed by atoms with van der Waals surface area (Å²) in [5.74, 6) is 0. The molecular weight excluding hydrogens is 234 g/mol. The van der Waals surface area contributed by atoms with Crippen LogP contribution in [0.1, 0.15) is 18.0 Å². The Hall–Kier alpha value is -0.723. The second kappa shape index (κ2) is 6.88. The summed E-state index contributed by atoms with van der Waals surface area (Å²) in [5, 5.41) is 0. The van der Waals surface area contributed by atoms with Crippen LogP contribution in [-0.4, -0.2) is 30.1 Å². The maximum absolute atomic E-state index is 6.12. The van der Waals surface area contributed by atoms with E-state index in [2.05, 4.69) is 0 Å². The summed E-state index contributed by atoms with van der Waals surface area (Å²) < 4.78 is 16.1. The van der Waals surface area contributed by atoms with Crippen molar-refractivity contribution in [1.82, 2.24) is 0 Å². The van der Waals surface area contributed by atoms with Gasteiger partial charge < -0.3 is 19.0 Å². The molecule has 4 nitrogen and oxygen atoms in total. The van der Waals surface area contributed by atoms with Crippen molar-refractivity contribution in [3.05, 3.63) is 35.9 Å². The first-order valence-corrected chi connectivity index (χ1v) is 7.56. The fourth-order valence-corrected chi connectivity index (χ4v) is 3.53. The van der Waals surface area contributed by atoms with Gasteiger partial charge in [0.1, 0.15) is 0 Å².